The molecule has 4 rings (SSSR count). The van der Waals surface area contributed by atoms with Crippen LogP contribution in [0.5, 0.6) is 0 Å². The summed E-state index contributed by atoms with van der Waals surface area (Å²) in [5, 5.41) is 0. The standard InChI is InChI=1S/C27H31N/c1-7-20-24(28(26(2,3)4)19-13-9-8-10-14-19)18-17-23-25(20)21-15-11-12-16-22(21)27(23,5)6/h8-18H,7H2,1-6H3/i7D. The molecule has 0 aliphatic heterocycles. The molecule has 3 aromatic rings. The number of para-hydroxylation sites is 1. The zero-order valence-corrected chi connectivity index (χ0v) is 17.9. The van der Waals surface area contributed by atoms with Gasteiger partial charge in [-0.05, 0) is 73.2 Å². The third-order valence-electron chi connectivity index (χ3n) is 5.98. The molecule has 1 atom stereocenters. The Bertz CT molecular complexity index is 1040. The van der Waals surface area contributed by atoms with Gasteiger partial charge in [-0.1, -0.05) is 69.3 Å². The molecule has 0 radical (unpaired) electrons. The molecule has 0 aromatic heterocycles. The lowest BCUT2D eigenvalue weighted by Crippen LogP contribution is -2.38. The van der Waals surface area contributed by atoms with Crippen LogP contribution in [-0.2, 0) is 11.8 Å². The highest BCUT2D eigenvalue weighted by atomic mass is 15.2. The first kappa shape index (κ1) is 17.6. The second kappa shape index (κ2) is 6.51. The minimum Gasteiger partial charge on any atom is -0.336 e. The molecule has 0 N–H and O–H groups in total. The Kier molecular flexibility index (Phi) is 4.08. The van der Waals surface area contributed by atoms with Crippen molar-refractivity contribution in [1.82, 2.24) is 0 Å². The predicted molar refractivity (Wildman–Crippen MR) is 122 cm³/mol. The second-order valence-electron chi connectivity index (χ2n) is 9.22. The zero-order chi connectivity index (χ0) is 21.0. The molecule has 1 aliphatic rings. The van der Waals surface area contributed by atoms with Gasteiger partial charge in [-0.15, -0.1) is 0 Å². The van der Waals surface area contributed by atoms with E-state index >= 15 is 0 Å². The maximum atomic E-state index is 8.83. The number of rotatable bonds is 3. The maximum absolute atomic E-state index is 8.83. The molecule has 0 spiro atoms. The first-order valence-electron chi connectivity index (χ1n) is 10.8. The van der Waals surface area contributed by atoms with E-state index in [0.29, 0.717) is 0 Å². The minimum absolute atomic E-state index is 0.0482. The number of benzene rings is 3. The summed E-state index contributed by atoms with van der Waals surface area (Å²) in [6.45, 7) is 13.3. The van der Waals surface area contributed by atoms with Gasteiger partial charge in [0.2, 0.25) is 0 Å². The summed E-state index contributed by atoms with van der Waals surface area (Å²) in [6, 6.07) is 23.8. The van der Waals surface area contributed by atoms with Crippen LogP contribution in [0, 0.1) is 0 Å². The molecule has 1 unspecified atom stereocenters. The van der Waals surface area contributed by atoms with E-state index in [2.05, 4.69) is 106 Å². The van der Waals surface area contributed by atoms with E-state index in [9.17, 15) is 0 Å². The summed E-state index contributed by atoms with van der Waals surface area (Å²) >= 11 is 0. The molecule has 0 fully saturated rings. The quantitative estimate of drug-likeness (QED) is 0.461. The number of hydrogen-bond donors (Lipinski definition) is 0. The molecule has 1 nitrogen and oxygen atoms in total. The predicted octanol–water partition coefficient (Wildman–Crippen LogP) is 7.49. The van der Waals surface area contributed by atoms with E-state index in [0.717, 1.165) is 16.9 Å². The third-order valence-corrected chi connectivity index (χ3v) is 5.98. The van der Waals surface area contributed by atoms with Gasteiger partial charge in [0.05, 0.1) is 0 Å². The lowest BCUT2D eigenvalue weighted by molar-refractivity contribution is 0.558. The molecule has 1 aliphatic carbocycles. The van der Waals surface area contributed by atoms with Crippen LogP contribution >= 0.6 is 0 Å². The molecule has 144 valence electrons. The molecule has 0 heterocycles. The fourth-order valence-corrected chi connectivity index (χ4v) is 4.76. The molecule has 3 aromatic carbocycles. The normalized spacial score (nSPS) is 16.1. The Morgan fingerprint density at radius 3 is 2.14 bits per heavy atom. The summed E-state index contributed by atoms with van der Waals surface area (Å²) in [5.41, 5.74) is 8.49. The molecular formula is C27H31N. The van der Waals surface area contributed by atoms with Crippen molar-refractivity contribution in [3.8, 4) is 11.1 Å². The summed E-state index contributed by atoms with van der Waals surface area (Å²) in [4.78, 5) is 2.39. The van der Waals surface area contributed by atoms with Gasteiger partial charge in [0.25, 0.3) is 0 Å². The van der Waals surface area contributed by atoms with Gasteiger partial charge in [0.1, 0.15) is 0 Å². The van der Waals surface area contributed by atoms with Gasteiger partial charge in [0.15, 0.2) is 0 Å². The van der Waals surface area contributed by atoms with Crippen LogP contribution in [0.4, 0.5) is 11.4 Å². The van der Waals surface area contributed by atoms with E-state index in [1.807, 2.05) is 6.92 Å². The van der Waals surface area contributed by atoms with Gasteiger partial charge in [0, 0.05) is 23.7 Å². The summed E-state index contributed by atoms with van der Waals surface area (Å²) in [5.74, 6) is 0. The van der Waals surface area contributed by atoms with Crippen molar-refractivity contribution >= 4 is 11.4 Å². The first-order valence-corrected chi connectivity index (χ1v) is 10.2. The molecule has 28 heavy (non-hydrogen) atoms. The van der Waals surface area contributed by atoms with Crippen molar-refractivity contribution in [2.45, 2.75) is 58.9 Å². The highest BCUT2D eigenvalue weighted by Gasteiger charge is 2.38. The Labute approximate surface area is 171 Å². The van der Waals surface area contributed by atoms with E-state index < -0.39 is 0 Å². The largest absolute Gasteiger partial charge is 0.336 e. The van der Waals surface area contributed by atoms with Crippen LogP contribution in [0.1, 0.15) is 59.6 Å². The van der Waals surface area contributed by atoms with E-state index in [-0.39, 0.29) is 17.4 Å². The summed E-state index contributed by atoms with van der Waals surface area (Å²) in [7, 11) is 0. The van der Waals surface area contributed by atoms with Gasteiger partial charge in [-0.3, -0.25) is 0 Å². The Balaban J connectivity index is 2.06. The van der Waals surface area contributed by atoms with Crippen LogP contribution in [0.3, 0.4) is 0 Å². The fourth-order valence-electron chi connectivity index (χ4n) is 4.76. The molecule has 0 bridgehead atoms. The van der Waals surface area contributed by atoms with Crippen LogP contribution in [0.15, 0.2) is 66.7 Å². The third kappa shape index (κ3) is 2.76. The average Bonchev–Trinajstić information content (AvgIpc) is 2.89. The SMILES string of the molecule is [2H]C(C)c1c(N(c2ccccc2)C(C)(C)C)ccc2c1-c1ccccc1C2(C)C. The van der Waals surface area contributed by atoms with Crippen molar-refractivity contribution < 1.29 is 1.37 Å². The Morgan fingerprint density at radius 1 is 0.857 bits per heavy atom. The average molecular weight is 371 g/mol. The zero-order valence-electron chi connectivity index (χ0n) is 18.9. The number of hydrogen-bond acceptors (Lipinski definition) is 1. The van der Waals surface area contributed by atoms with E-state index in [1.54, 1.807) is 0 Å². The monoisotopic (exact) mass is 370 g/mol. The Hall–Kier alpha value is -2.54. The molecule has 0 saturated heterocycles. The van der Waals surface area contributed by atoms with Crippen molar-refractivity contribution in [2.24, 2.45) is 0 Å². The van der Waals surface area contributed by atoms with Gasteiger partial charge in [-0.2, -0.15) is 0 Å². The van der Waals surface area contributed by atoms with Crippen LogP contribution in [0.25, 0.3) is 11.1 Å². The Morgan fingerprint density at radius 2 is 1.50 bits per heavy atom. The summed E-state index contributed by atoms with van der Waals surface area (Å²) < 4.78 is 8.83. The minimum atomic E-state index is -0.324. The van der Waals surface area contributed by atoms with E-state index in [1.165, 1.54) is 22.3 Å². The van der Waals surface area contributed by atoms with E-state index in [4.69, 9.17) is 1.37 Å². The van der Waals surface area contributed by atoms with Crippen molar-refractivity contribution in [1.29, 1.82) is 0 Å². The fraction of sp³-hybridized carbons (Fsp3) is 0.333. The van der Waals surface area contributed by atoms with Crippen LogP contribution in [0.2, 0.25) is 0 Å². The smallest absolute Gasteiger partial charge is 0.0454 e. The number of anilines is 2. The lowest BCUT2D eigenvalue weighted by atomic mass is 9.82. The van der Waals surface area contributed by atoms with Gasteiger partial charge < -0.3 is 4.90 Å². The van der Waals surface area contributed by atoms with Gasteiger partial charge in [-0.25, -0.2) is 0 Å². The number of nitrogens with zero attached hydrogens (tertiary/aromatic N) is 1. The second-order valence-corrected chi connectivity index (χ2v) is 9.22. The highest BCUT2D eigenvalue weighted by Crippen LogP contribution is 2.52. The summed E-state index contributed by atoms with van der Waals surface area (Å²) in [6.07, 6.45) is -0.324. The molecule has 1 heteroatoms. The van der Waals surface area contributed by atoms with Gasteiger partial charge >= 0.3 is 0 Å². The topological polar surface area (TPSA) is 3.24 Å². The van der Waals surface area contributed by atoms with Crippen LogP contribution < -0.4 is 4.90 Å². The number of fused-ring (bicyclic) bond motifs is 3. The van der Waals surface area contributed by atoms with Crippen molar-refractivity contribution in [2.75, 3.05) is 4.90 Å². The van der Waals surface area contributed by atoms with Crippen molar-refractivity contribution in [3.05, 3.63) is 83.4 Å². The maximum Gasteiger partial charge on any atom is 0.0454 e. The van der Waals surface area contributed by atoms with Crippen LogP contribution in [-0.4, -0.2) is 5.54 Å². The first-order chi connectivity index (χ1) is 13.6. The molecule has 0 saturated carbocycles. The lowest BCUT2D eigenvalue weighted by Gasteiger charge is -2.39. The molecule has 0 amide bonds. The highest BCUT2D eigenvalue weighted by molar-refractivity contribution is 5.88. The van der Waals surface area contributed by atoms with Crippen molar-refractivity contribution in [3.63, 3.8) is 0 Å². The molecular weight excluding hydrogens is 338 g/mol.